The maximum Gasteiger partial charge on any atom is 0.249 e. The molecular formula is C42H85NO5. The maximum atomic E-state index is 12.5. The molecule has 0 unspecified atom stereocenters. The van der Waals surface area contributed by atoms with Crippen LogP contribution in [-0.2, 0) is 4.79 Å². The van der Waals surface area contributed by atoms with Crippen molar-refractivity contribution < 1.29 is 25.2 Å². The molecule has 48 heavy (non-hydrogen) atoms. The number of amides is 1. The molecule has 288 valence electrons. The summed E-state index contributed by atoms with van der Waals surface area (Å²) in [6.45, 7) is 4.06. The predicted octanol–water partition coefficient (Wildman–Crippen LogP) is 10.8. The van der Waals surface area contributed by atoms with Crippen LogP contribution >= 0.6 is 0 Å². The number of unbranched alkanes of at least 4 members (excludes halogenated alkanes) is 30. The molecule has 0 fully saturated rings. The number of nitrogens with one attached hydrogen (secondary N) is 1. The SMILES string of the molecule is CCCCCCCCCCCCCCCCCCCC[C@@H](O)[C@@H](O)[C@@H](CO)NC(=O)[C@H](O)CCCCCCCCCCCCCCCC. The first-order valence-corrected chi connectivity index (χ1v) is 21.4. The summed E-state index contributed by atoms with van der Waals surface area (Å²) in [5.74, 6) is -0.580. The van der Waals surface area contributed by atoms with Gasteiger partial charge in [-0.05, 0) is 12.8 Å². The minimum Gasteiger partial charge on any atom is -0.394 e. The highest BCUT2D eigenvalue weighted by Gasteiger charge is 2.28. The number of hydrogen-bond donors (Lipinski definition) is 5. The van der Waals surface area contributed by atoms with E-state index in [4.69, 9.17) is 0 Å². The average Bonchev–Trinajstić information content (AvgIpc) is 3.09. The number of aliphatic hydroxyl groups excluding tert-OH is 4. The van der Waals surface area contributed by atoms with Gasteiger partial charge in [0.15, 0.2) is 0 Å². The minimum absolute atomic E-state index is 0.375. The van der Waals surface area contributed by atoms with Crippen LogP contribution < -0.4 is 5.32 Å². The van der Waals surface area contributed by atoms with Gasteiger partial charge in [-0.1, -0.05) is 219 Å². The average molecular weight is 684 g/mol. The first kappa shape index (κ1) is 47.3. The maximum absolute atomic E-state index is 12.5. The zero-order valence-electron chi connectivity index (χ0n) is 32.3. The molecule has 6 nitrogen and oxygen atoms in total. The molecule has 0 heterocycles. The van der Waals surface area contributed by atoms with Gasteiger partial charge in [-0.15, -0.1) is 0 Å². The Morgan fingerprint density at radius 1 is 0.438 bits per heavy atom. The lowest BCUT2D eigenvalue weighted by Crippen LogP contribution is -2.53. The van der Waals surface area contributed by atoms with E-state index in [9.17, 15) is 25.2 Å². The fraction of sp³-hybridized carbons (Fsp3) is 0.976. The third-order valence-corrected chi connectivity index (χ3v) is 10.3. The van der Waals surface area contributed by atoms with Crippen molar-refractivity contribution in [3.8, 4) is 0 Å². The monoisotopic (exact) mass is 684 g/mol. The molecule has 0 spiro atoms. The number of rotatable bonds is 39. The summed E-state index contributed by atoms with van der Waals surface area (Å²) in [6.07, 6.45) is 38.4. The minimum atomic E-state index is -1.25. The van der Waals surface area contributed by atoms with E-state index in [1.54, 1.807) is 0 Å². The van der Waals surface area contributed by atoms with E-state index in [0.29, 0.717) is 12.8 Å². The van der Waals surface area contributed by atoms with Crippen molar-refractivity contribution in [1.82, 2.24) is 5.32 Å². The zero-order valence-corrected chi connectivity index (χ0v) is 32.3. The third-order valence-electron chi connectivity index (χ3n) is 10.3. The van der Waals surface area contributed by atoms with Gasteiger partial charge in [0.1, 0.15) is 12.2 Å². The molecule has 1 amide bonds. The summed E-state index contributed by atoms with van der Waals surface area (Å²) < 4.78 is 0. The van der Waals surface area contributed by atoms with Crippen LogP contribution in [0.3, 0.4) is 0 Å². The molecule has 0 aromatic carbocycles. The molecule has 0 aliphatic rings. The molecule has 6 heteroatoms. The van der Waals surface area contributed by atoms with Crippen molar-refractivity contribution in [3.63, 3.8) is 0 Å². The van der Waals surface area contributed by atoms with Crippen molar-refractivity contribution in [2.24, 2.45) is 0 Å². The first-order chi connectivity index (χ1) is 23.5. The molecular weight excluding hydrogens is 598 g/mol. The van der Waals surface area contributed by atoms with Crippen LogP contribution in [0.2, 0.25) is 0 Å². The quantitative estimate of drug-likeness (QED) is 0.0414. The highest BCUT2D eigenvalue weighted by atomic mass is 16.3. The molecule has 0 aliphatic carbocycles. The molecule has 0 aliphatic heterocycles. The second-order valence-electron chi connectivity index (χ2n) is 15.1. The molecule has 0 saturated heterocycles. The summed E-state index contributed by atoms with van der Waals surface area (Å²) in [5.41, 5.74) is 0. The Bertz CT molecular complexity index is 648. The molecule has 0 radical (unpaired) electrons. The Labute approximate surface area is 299 Å². The van der Waals surface area contributed by atoms with Gasteiger partial charge in [-0.2, -0.15) is 0 Å². The molecule has 5 N–H and O–H groups in total. The zero-order chi connectivity index (χ0) is 35.3. The Kier molecular flexibility index (Phi) is 37.0. The Hall–Kier alpha value is -0.690. The lowest BCUT2D eigenvalue weighted by atomic mass is 9.99. The van der Waals surface area contributed by atoms with Crippen LogP contribution in [0.15, 0.2) is 0 Å². The van der Waals surface area contributed by atoms with Crippen molar-refractivity contribution >= 4 is 5.91 Å². The number of carbonyl (C=O) groups excluding carboxylic acids is 1. The normalized spacial score (nSPS) is 14.2. The van der Waals surface area contributed by atoms with Crippen LogP contribution in [0.25, 0.3) is 0 Å². The number of hydrogen-bond acceptors (Lipinski definition) is 5. The summed E-state index contributed by atoms with van der Waals surface area (Å²) in [6, 6.07) is -0.978. The van der Waals surface area contributed by atoms with Crippen LogP contribution in [0.1, 0.15) is 232 Å². The predicted molar refractivity (Wildman–Crippen MR) is 205 cm³/mol. The van der Waals surface area contributed by atoms with Gasteiger partial charge in [0.05, 0.1) is 18.8 Å². The van der Waals surface area contributed by atoms with Crippen LogP contribution in [0.5, 0.6) is 0 Å². The van der Waals surface area contributed by atoms with Gasteiger partial charge >= 0.3 is 0 Å². The van der Waals surface area contributed by atoms with Crippen molar-refractivity contribution in [2.45, 2.75) is 257 Å². The van der Waals surface area contributed by atoms with Gasteiger partial charge in [-0.25, -0.2) is 0 Å². The Balaban J connectivity index is 3.71. The fourth-order valence-electron chi connectivity index (χ4n) is 6.88. The number of aliphatic hydroxyl groups is 4. The summed E-state index contributed by atoms with van der Waals surface area (Å²) in [7, 11) is 0. The van der Waals surface area contributed by atoms with E-state index < -0.39 is 36.9 Å². The van der Waals surface area contributed by atoms with E-state index >= 15 is 0 Å². The van der Waals surface area contributed by atoms with Crippen LogP contribution in [0.4, 0.5) is 0 Å². The van der Waals surface area contributed by atoms with Gasteiger partial charge < -0.3 is 25.7 Å². The highest BCUT2D eigenvalue weighted by Crippen LogP contribution is 2.17. The standard InChI is InChI=1S/C42H85NO5/c1-3-5-7-9-11-13-15-17-19-20-21-22-24-25-27-29-31-33-35-39(45)41(47)38(37-44)43-42(48)40(46)36-34-32-30-28-26-23-18-16-14-12-10-8-6-4-2/h38-41,44-47H,3-37H2,1-2H3,(H,43,48)/t38-,39-,40-,41+/m1/s1. The second kappa shape index (κ2) is 37.6. The first-order valence-electron chi connectivity index (χ1n) is 21.4. The van der Waals surface area contributed by atoms with E-state index in [2.05, 4.69) is 19.2 Å². The Morgan fingerprint density at radius 2 is 0.708 bits per heavy atom. The molecule has 0 aromatic heterocycles. The van der Waals surface area contributed by atoms with Gasteiger partial charge in [-0.3, -0.25) is 4.79 Å². The van der Waals surface area contributed by atoms with Gasteiger partial charge in [0.25, 0.3) is 0 Å². The van der Waals surface area contributed by atoms with Crippen LogP contribution in [0, 0.1) is 0 Å². The number of carbonyl (C=O) groups is 1. The van der Waals surface area contributed by atoms with E-state index in [0.717, 1.165) is 38.5 Å². The smallest absolute Gasteiger partial charge is 0.249 e. The van der Waals surface area contributed by atoms with Crippen LogP contribution in [-0.4, -0.2) is 57.3 Å². The highest BCUT2D eigenvalue weighted by molar-refractivity contribution is 5.80. The summed E-state index contributed by atoms with van der Waals surface area (Å²) >= 11 is 0. The fourth-order valence-corrected chi connectivity index (χ4v) is 6.88. The lowest BCUT2D eigenvalue weighted by Gasteiger charge is -2.27. The van der Waals surface area contributed by atoms with Crippen molar-refractivity contribution in [1.29, 1.82) is 0 Å². The molecule has 0 saturated carbocycles. The van der Waals surface area contributed by atoms with Gasteiger partial charge in [0, 0.05) is 0 Å². The van der Waals surface area contributed by atoms with E-state index in [1.807, 2.05) is 0 Å². The molecule has 0 bridgehead atoms. The second-order valence-corrected chi connectivity index (χ2v) is 15.1. The van der Waals surface area contributed by atoms with Crippen molar-refractivity contribution in [2.75, 3.05) is 6.61 Å². The molecule has 0 aromatic rings. The van der Waals surface area contributed by atoms with Gasteiger partial charge in [0.2, 0.25) is 5.91 Å². The third kappa shape index (κ3) is 31.3. The summed E-state index contributed by atoms with van der Waals surface area (Å²) in [5, 5.41) is 43.6. The van der Waals surface area contributed by atoms with Crippen molar-refractivity contribution in [3.05, 3.63) is 0 Å². The van der Waals surface area contributed by atoms with E-state index in [-0.39, 0.29) is 0 Å². The Morgan fingerprint density at radius 3 is 1.00 bits per heavy atom. The molecule has 0 rings (SSSR count). The van der Waals surface area contributed by atoms with E-state index in [1.165, 1.54) is 167 Å². The lowest BCUT2D eigenvalue weighted by molar-refractivity contribution is -0.132. The topological polar surface area (TPSA) is 110 Å². The largest absolute Gasteiger partial charge is 0.394 e. The molecule has 4 atom stereocenters. The summed E-state index contributed by atoms with van der Waals surface area (Å²) in [4.78, 5) is 12.5.